The second-order valence-corrected chi connectivity index (χ2v) is 8.97. The largest absolute Gasteiger partial charge is 0.416 e. The minimum atomic E-state index is -4.97. The quantitative estimate of drug-likeness (QED) is 0.427. The zero-order valence-electron chi connectivity index (χ0n) is 17.8. The first-order valence-corrected chi connectivity index (χ1v) is 10.6. The minimum absolute atomic E-state index is 0.0653. The average molecular weight is 471 g/mol. The molecule has 1 saturated carbocycles. The van der Waals surface area contributed by atoms with Gasteiger partial charge in [-0.05, 0) is 61.9 Å². The number of rotatable bonds is 4. The fourth-order valence-corrected chi connectivity index (χ4v) is 4.49. The molecule has 4 rings (SSSR count). The molecule has 1 atom stereocenters. The Balaban J connectivity index is 1.64. The van der Waals surface area contributed by atoms with Gasteiger partial charge in [0.15, 0.2) is 0 Å². The fourth-order valence-electron chi connectivity index (χ4n) is 4.49. The molecule has 0 aromatic heterocycles. The molecule has 178 valence electrons. The van der Waals surface area contributed by atoms with Gasteiger partial charge in [0.1, 0.15) is 0 Å². The SMILES string of the molecule is C[C@H](C(=O)NC1(c2ccccc2)CCC2(CC1)CO2)c1cc(C(F)(F)F)cc(C(F)(F)F)c1. The maximum Gasteiger partial charge on any atom is 0.416 e. The lowest BCUT2D eigenvalue weighted by atomic mass is 9.72. The van der Waals surface area contributed by atoms with Crippen LogP contribution in [-0.2, 0) is 27.4 Å². The first kappa shape index (κ1) is 23.6. The van der Waals surface area contributed by atoms with Crippen LogP contribution in [0.3, 0.4) is 0 Å². The summed E-state index contributed by atoms with van der Waals surface area (Å²) < 4.78 is 85.1. The van der Waals surface area contributed by atoms with Gasteiger partial charge in [0.05, 0.1) is 34.8 Å². The minimum Gasteiger partial charge on any atom is -0.370 e. The summed E-state index contributed by atoms with van der Waals surface area (Å²) in [4.78, 5) is 13.2. The molecule has 1 aliphatic carbocycles. The molecule has 1 heterocycles. The van der Waals surface area contributed by atoms with Crippen LogP contribution in [0.5, 0.6) is 0 Å². The maximum absolute atomic E-state index is 13.3. The molecule has 1 amide bonds. The summed E-state index contributed by atoms with van der Waals surface area (Å²) in [6.45, 7) is 1.98. The Labute approximate surface area is 187 Å². The monoisotopic (exact) mass is 471 g/mol. The molecule has 2 aliphatic rings. The first-order chi connectivity index (χ1) is 15.3. The molecule has 1 saturated heterocycles. The lowest BCUT2D eigenvalue weighted by Gasteiger charge is -2.41. The van der Waals surface area contributed by atoms with Crippen LogP contribution >= 0.6 is 0 Å². The Hall–Kier alpha value is -2.55. The van der Waals surface area contributed by atoms with E-state index < -0.39 is 40.8 Å². The number of hydrogen-bond acceptors (Lipinski definition) is 2. The lowest BCUT2D eigenvalue weighted by Crippen LogP contribution is -2.50. The highest BCUT2D eigenvalue weighted by molar-refractivity contribution is 5.84. The number of amides is 1. The number of halogens is 6. The highest BCUT2D eigenvalue weighted by atomic mass is 19.4. The van der Waals surface area contributed by atoms with Gasteiger partial charge < -0.3 is 10.1 Å². The van der Waals surface area contributed by atoms with Crippen LogP contribution in [0, 0.1) is 0 Å². The van der Waals surface area contributed by atoms with Gasteiger partial charge in [0.25, 0.3) is 0 Å². The van der Waals surface area contributed by atoms with E-state index in [9.17, 15) is 31.1 Å². The van der Waals surface area contributed by atoms with Gasteiger partial charge in [-0.2, -0.15) is 26.3 Å². The standard InChI is InChI=1S/C24H23F6NO2/c1-15(16-11-18(23(25,26)27)13-19(12-16)24(28,29)30)20(32)31-22(17-5-3-2-4-6-17)9-7-21(8-10-22)14-33-21/h2-6,11-13,15H,7-10,14H2,1H3,(H,31,32)/t15-,21?,22?/m0/s1. The first-order valence-electron chi connectivity index (χ1n) is 10.6. The topological polar surface area (TPSA) is 41.6 Å². The van der Waals surface area contributed by atoms with Gasteiger partial charge in [0.2, 0.25) is 5.91 Å². The van der Waals surface area contributed by atoms with Crippen molar-refractivity contribution in [1.29, 1.82) is 0 Å². The van der Waals surface area contributed by atoms with E-state index in [4.69, 9.17) is 4.74 Å². The predicted molar refractivity (Wildman–Crippen MR) is 108 cm³/mol. The molecule has 2 fully saturated rings. The van der Waals surface area contributed by atoms with Crippen molar-refractivity contribution in [2.24, 2.45) is 0 Å². The van der Waals surface area contributed by atoms with Crippen LogP contribution in [0.1, 0.15) is 60.8 Å². The van der Waals surface area contributed by atoms with Crippen LogP contribution in [0.2, 0.25) is 0 Å². The molecule has 1 spiro atoms. The highest BCUT2D eigenvalue weighted by Gasteiger charge is 2.52. The number of carbonyl (C=O) groups excluding carboxylic acids is 1. The number of carbonyl (C=O) groups is 1. The van der Waals surface area contributed by atoms with Crippen LogP contribution in [0.4, 0.5) is 26.3 Å². The Morgan fingerprint density at radius 1 is 0.909 bits per heavy atom. The maximum atomic E-state index is 13.3. The Morgan fingerprint density at radius 2 is 1.42 bits per heavy atom. The average Bonchev–Trinajstić information content (AvgIpc) is 3.53. The molecule has 0 radical (unpaired) electrons. The summed E-state index contributed by atoms with van der Waals surface area (Å²) in [5.74, 6) is -1.85. The zero-order chi connectivity index (χ0) is 24.1. The lowest BCUT2D eigenvalue weighted by molar-refractivity contribution is -0.143. The van der Waals surface area contributed by atoms with E-state index in [2.05, 4.69) is 5.32 Å². The van der Waals surface area contributed by atoms with Gasteiger partial charge in [-0.25, -0.2) is 0 Å². The van der Waals surface area contributed by atoms with Gasteiger partial charge in [-0.3, -0.25) is 4.79 Å². The number of hydrogen-bond donors (Lipinski definition) is 1. The number of nitrogens with one attached hydrogen (secondary N) is 1. The van der Waals surface area contributed by atoms with Crippen molar-refractivity contribution in [3.63, 3.8) is 0 Å². The van der Waals surface area contributed by atoms with Crippen molar-refractivity contribution in [2.45, 2.75) is 62.0 Å². The third kappa shape index (κ3) is 4.88. The summed E-state index contributed by atoms with van der Waals surface area (Å²) in [5.41, 5.74) is -3.29. The summed E-state index contributed by atoms with van der Waals surface area (Å²) >= 11 is 0. The number of benzene rings is 2. The summed E-state index contributed by atoms with van der Waals surface area (Å²) in [7, 11) is 0. The van der Waals surface area contributed by atoms with Gasteiger partial charge in [0, 0.05) is 0 Å². The van der Waals surface area contributed by atoms with E-state index in [1.807, 2.05) is 30.3 Å². The fraction of sp³-hybridized carbons (Fsp3) is 0.458. The Kier molecular flexibility index (Phi) is 5.75. The molecule has 1 aliphatic heterocycles. The molecule has 2 aromatic rings. The molecule has 2 aromatic carbocycles. The van der Waals surface area contributed by atoms with E-state index in [0.717, 1.165) is 5.56 Å². The van der Waals surface area contributed by atoms with Crippen molar-refractivity contribution in [3.8, 4) is 0 Å². The molecule has 1 N–H and O–H groups in total. The van der Waals surface area contributed by atoms with Gasteiger partial charge >= 0.3 is 12.4 Å². The molecule has 0 bridgehead atoms. The van der Waals surface area contributed by atoms with Crippen molar-refractivity contribution in [1.82, 2.24) is 5.32 Å². The van der Waals surface area contributed by atoms with Crippen LogP contribution < -0.4 is 5.32 Å². The normalized spacial score (nSPS) is 26.2. The van der Waals surface area contributed by atoms with Crippen LogP contribution in [0.15, 0.2) is 48.5 Å². The van der Waals surface area contributed by atoms with E-state index in [0.29, 0.717) is 44.4 Å². The van der Waals surface area contributed by atoms with Gasteiger partial charge in [-0.15, -0.1) is 0 Å². The van der Waals surface area contributed by atoms with E-state index >= 15 is 0 Å². The second kappa shape index (κ2) is 8.04. The molecule has 0 unspecified atom stereocenters. The van der Waals surface area contributed by atoms with Crippen molar-refractivity contribution >= 4 is 5.91 Å². The summed E-state index contributed by atoms with van der Waals surface area (Å²) in [6.07, 6.45) is -7.41. The number of ether oxygens (including phenoxy) is 1. The second-order valence-electron chi connectivity index (χ2n) is 8.97. The van der Waals surface area contributed by atoms with Crippen molar-refractivity contribution < 1.29 is 35.9 Å². The summed E-state index contributed by atoms with van der Waals surface area (Å²) in [6, 6.07) is 10.5. The van der Waals surface area contributed by atoms with Crippen LogP contribution in [0.25, 0.3) is 0 Å². The predicted octanol–water partition coefficient (Wildman–Crippen LogP) is 6.18. The number of epoxide rings is 1. The Morgan fingerprint density at radius 3 is 1.88 bits per heavy atom. The van der Waals surface area contributed by atoms with Gasteiger partial charge in [-0.1, -0.05) is 30.3 Å². The molecular weight excluding hydrogens is 448 g/mol. The van der Waals surface area contributed by atoms with Crippen molar-refractivity contribution in [2.75, 3.05) is 6.61 Å². The van der Waals surface area contributed by atoms with Crippen molar-refractivity contribution in [3.05, 3.63) is 70.8 Å². The Bertz CT molecular complexity index is 985. The van der Waals surface area contributed by atoms with E-state index in [1.54, 1.807) is 0 Å². The van der Waals surface area contributed by atoms with E-state index in [-0.39, 0.29) is 17.2 Å². The highest BCUT2D eigenvalue weighted by Crippen LogP contribution is 2.49. The molecule has 3 nitrogen and oxygen atoms in total. The molecule has 9 heteroatoms. The molecule has 33 heavy (non-hydrogen) atoms. The third-order valence-corrected chi connectivity index (χ3v) is 6.76. The third-order valence-electron chi connectivity index (χ3n) is 6.76. The van der Waals surface area contributed by atoms with Crippen LogP contribution in [-0.4, -0.2) is 18.1 Å². The summed E-state index contributed by atoms with van der Waals surface area (Å²) in [5, 5.41) is 2.97. The number of alkyl halides is 6. The smallest absolute Gasteiger partial charge is 0.370 e. The van der Waals surface area contributed by atoms with E-state index in [1.165, 1.54) is 6.92 Å². The molecular formula is C24H23F6NO2. The zero-order valence-corrected chi connectivity index (χ0v) is 17.8.